The van der Waals surface area contributed by atoms with E-state index >= 15 is 0 Å². The van der Waals surface area contributed by atoms with Crippen molar-refractivity contribution in [3.8, 4) is 17.2 Å². The van der Waals surface area contributed by atoms with Gasteiger partial charge in [0.15, 0.2) is 11.5 Å². The van der Waals surface area contributed by atoms with Crippen LogP contribution in [0, 0.1) is 0 Å². The first kappa shape index (κ1) is 19.8. The predicted molar refractivity (Wildman–Crippen MR) is 108 cm³/mol. The van der Waals surface area contributed by atoms with Crippen LogP contribution in [0.25, 0.3) is 0 Å². The Labute approximate surface area is 167 Å². The molecular formula is C21H27ClN2O3. The third-order valence-corrected chi connectivity index (χ3v) is 5.08. The summed E-state index contributed by atoms with van der Waals surface area (Å²) >= 11 is 0. The third kappa shape index (κ3) is 4.32. The van der Waals surface area contributed by atoms with Gasteiger partial charge >= 0.3 is 0 Å². The van der Waals surface area contributed by atoms with E-state index in [1.54, 1.807) is 7.11 Å². The maximum atomic E-state index is 6.01. The van der Waals surface area contributed by atoms with Crippen LogP contribution < -0.4 is 19.5 Å². The number of benzene rings is 2. The maximum absolute atomic E-state index is 6.01. The van der Waals surface area contributed by atoms with Crippen molar-refractivity contribution in [2.24, 2.45) is 0 Å². The Bertz CT molecular complexity index is 756. The van der Waals surface area contributed by atoms with Crippen LogP contribution in [-0.2, 0) is 6.54 Å². The van der Waals surface area contributed by atoms with Gasteiger partial charge in [0, 0.05) is 43.7 Å². The molecule has 146 valence electrons. The zero-order valence-corrected chi connectivity index (χ0v) is 16.5. The number of nitrogens with zero attached hydrogens (tertiary/aromatic N) is 1. The van der Waals surface area contributed by atoms with Gasteiger partial charge in [-0.05, 0) is 12.1 Å². The van der Waals surface area contributed by atoms with E-state index in [2.05, 4.69) is 34.5 Å². The molecule has 2 aliphatic heterocycles. The maximum Gasteiger partial charge on any atom is 0.165 e. The van der Waals surface area contributed by atoms with Gasteiger partial charge in [-0.3, -0.25) is 4.90 Å². The zero-order chi connectivity index (χ0) is 17.8. The average molecular weight is 391 g/mol. The molecular weight excluding hydrogens is 364 g/mol. The van der Waals surface area contributed by atoms with E-state index in [1.807, 2.05) is 18.2 Å². The number of halogens is 1. The molecule has 0 amide bonds. The van der Waals surface area contributed by atoms with Crippen molar-refractivity contribution in [2.75, 3.05) is 40.0 Å². The van der Waals surface area contributed by atoms with Crippen LogP contribution in [0.15, 0.2) is 42.5 Å². The highest BCUT2D eigenvalue weighted by atomic mass is 35.5. The molecule has 27 heavy (non-hydrogen) atoms. The predicted octanol–water partition coefficient (Wildman–Crippen LogP) is 3.42. The summed E-state index contributed by atoms with van der Waals surface area (Å²) in [6, 6.07) is 14.8. The number of methoxy groups -OCH3 is 1. The number of para-hydroxylation sites is 2. The Hall–Kier alpha value is -1.95. The van der Waals surface area contributed by atoms with Crippen molar-refractivity contribution in [2.45, 2.75) is 19.0 Å². The van der Waals surface area contributed by atoms with Gasteiger partial charge in [0.1, 0.15) is 5.75 Å². The summed E-state index contributed by atoms with van der Waals surface area (Å²) in [6.45, 7) is 5.13. The molecule has 2 heterocycles. The number of rotatable bonds is 4. The first-order valence-corrected chi connectivity index (χ1v) is 9.32. The van der Waals surface area contributed by atoms with E-state index in [9.17, 15) is 0 Å². The lowest BCUT2D eigenvalue weighted by molar-refractivity contribution is 0.149. The van der Waals surface area contributed by atoms with Crippen molar-refractivity contribution in [3.63, 3.8) is 0 Å². The number of piperazine rings is 1. The Morgan fingerprint density at radius 2 is 1.96 bits per heavy atom. The fourth-order valence-corrected chi connectivity index (χ4v) is 3.78. The molecule has 2 aromatic carbocycles. The van der Waals surface area contributed by atoms with E-state index < -0.39 is 0 Å². The zero-order valence-electron chi connectivity index (χ0n) is 15.6. The lowest BCUT2D eigenvalue weighted by Crippen LogP contribution is -2.45. The third-order valence-electron chi connectivity index (χ3n) is 5.08. The van der Waals surface area contributed by atoms with Gasteiger partial charge in [-0.25, -0.2) is 0 Å². The summed E-state index contributed by atoms with van der Waals surface area (Å²) in [6.07, 6.45) is 0.922. The van der Waals surface area contributed by atoms with Gasteiger partial charge in [-0.15, -0.1) is 12.4 Å². The number of ether oxygens (including phenoxy) is 3. The average Bonchev–Trinajstić information content (AvgIpc) is 2.95. The van der Waals surface area contributed by atoms with Crippen LogP contribution in [0.3, 0.4) is 0 Å². The minimum Gasteiger partial charge on any atom is -0.496 e. The summed E-state index contributed by atoms with van der Waals surface area (Å²) in [7, 11) is 1.74. The SMILES string of the molecule is COc1ccccc1C1CNCCN1Cc1cccc2c1OCCCO2.Cl. The van der Waals surface area contributed by atoms with Gasteiger partial charge in [-0.1, -0.05) is 30.3 Å². The van der Waals surface area contributed by atoms with Crippen LogP contribution in [0.5, 0.6) is 17.2 Å². The molecule has 0 spiro atoms. The standard InChI is InChI=1S/C21H26N2O3.ClH/c1-24-19-8-3-2-7-17(19)18-14-22-10-11-23(18)15-16-6-4-9-20-21(16)26-13-5-12-25-20;/h2-4,6-9,18,22H,5,10-15H2,1H3;1H. The molecule has 6 heteroatoms. The molecule has 1 saturated heterocycles. The summed E-state index contributed by atoms with van der Waals surface area (Å²) in [5.41, 5.74) is 2.41. The number of nitrogens with one attached hydrogen (secondary N) is 1. The number of hydrogen-bond donors (Lipinski definition) is 1. The van der Waals surface area contributed by atoms with Crippen LogP contribution in [0.1, 0.15) is 23.6 Å². The molecule has 5 nitrogen and oxygen atoms in total. The first-order valence-electron chi connectivity index (χ1n) is 9.32. The second kappa shape index (κ2) is 9.31. The molecule has 0 radical (unpaired) electrons. The quantitative estimate of drug-likeness (QED) is 0.866. The van der Waals surface area contributed by atoms with Gasteiger partial charge < -0.3 is 19.5 Å². The Kier molecular flexibility index (Phi) is 6.83. The topological polar surface area (TPSA) is 43.0 Å². The molecule has 1 atom stereocenters. The van der Waals surface area contributed by atoms with E-state index in [4.69, 9.17) is 14.2 Å². The van der Waals surface area contributed by atoms with E-state index in [0.717, 1.165) is 49.8 Å². The fraction of sp³-hybridized carbons (Fsp3) is 0.429. The second-order valence-electron chi connectivity index (χ2n) is 6.73. The Morgan fingerprint density at radius 3 is 2.85 bits per heavy atom. The highest BCUT2D eigenvalue weighted by Crippen LogP contribution is 2.36. The molecule has 0 aliphatic carbocycles. The number of fused-ring (bicyclic) bond motifs is 1. The summed E-state index contributed by atoms with van der Waals surface area (Å²) in [5, 5.41) is 3.52. The second-order valence-corrected chi connectivity index (χ2v) is 6.73. The van der Waals surface area contributed by atoms with Crippen molar-refractivity contribution in [1.29, 1.82) is 0 Å². The van der Waals surface area contributed by atoms with E-state index in [0.29, 0.717) is 13.2 Å². The van der Waals surface area contributed by atoms with Gasteiger partial charge in [-0.2, -0.15) is 0 Å². The smallest absolute Gasteiger partial charge is 0.165 e. The molecule has 2 aliphatic rings. The lowest BCUT2D eigenvalue weighted by Gasteiger charge is -2.37. The molecule has 0 saturated carbocycles. The van der Waals surface area contributed by atoms with Crippen LogP contribution in [0.2, 0.25) is 0 Å². The monoisotopic (exact) mass is 390 g/mol. The molecule has 4 rings (SSSR count). The molecule has 0 bridgehead atoms. The molecule has 1 fully saturated rings. The number of hydrogen-bond acceptors (Lipinski definition) is 5. The highest BCUT2D eigenvalue weighted by molar-refractivity contribution is 5.85. The van der Waals surface area contributed by atoms with Crippen LogP contribution in [-0.4, -0.2) is 44.9 Å². The summed E-state index contributed by atoms with van der Waals surface area (Å²) < 4.78 is 17.5. The largest absolute Gasteiger partial charge is 0.496 e. The fourth-order valence-electron chi connectivity index (χ4n) is 3.78. The van der Waals surface area contributed by atoms with Gasteiger partial charge in [0.2, 0.25) is 0 Å². The van der Waals surface area contributed by atoms with Gasteiger partial charge in [0.25, 0.3) is 0 Å². The van der Waals surface area contributed by atoms with Crippen LogP contribution in [0.4, 0.5) is 0 Å². The van der Waals surface area contributed by atoms with Crippen molar-refractivity contribution >= 4 is 12.4 Å². The first-order chi connectivity index (χ1) is 12.9. The van der Waals surface area contributed by atoms with E-state index in [1.165, 1.54) is 11.1 Å². The van der Waals surface area contributed by atoms with Crippen LogP contribution >= 0.6 is 12.4 Å². The normalized spacial score (nSPS) is 19.7. The minimum atomic E-state index is 0. The summed E-state index contributed by atoms with van der Waals surface area (Å²) in [5.74, 6) is 2.71. The molecule has 0 aromatic heterocycles. The highest BCUT2D eigenvalue weighted by Gasteiger charge is 2.27. The molecule has 1 N–H and O–H groups in total. The molecule has 1 unspecified atom stereocenters. The van der Waals surface area contributed by atoms with Crippen molar-refractivity contribution in [1.82, 2.24) is 10.2 Å². The van der Waals surface area contributed by atoms with Gasteiger partial charge in [0.05, 0.1) is 26.4 Å². The Morgan fingerprint density at radius 1 is 1.11 bits per heavy atom. The van der Waals surface area contributed by atoms with Crippen molar-refractivity contribution in [3.05, 3.63) is 53.6 Å². The molecule has 2 aromatic rings. The Balaban J connectivity index is 0.00000210. The lowest BCUT2D eigenvalue weighted by atomic mass is 10.0. The van der Waals surface area contributed by atoms with E-state index in [-0.39, 0.29) is 18.4 Å². The van der Waals surface area contributed by atoms with Crippen molar-refractivity contribution < 1.29 is 14.2 Å². The minimum absolute atomic E-state index is 0. The summed E-state index contributed by atoms with van der Waals surface area (Å²) in [4.78, 5) is 2.50.